The van der Waals surface area contributed by atoms with Gasteiger partial charge in [0.2, 0.25) is 29.5 Å². The smallest absolute Gasteiger partial charge is 0.206 e. The topological polar surface area (TPSA) is 158 Å². The van der Waals surface area contributed by atoms with Crippen molar-refractivity contribution in [2.75, 3.05) is 0 Å². The van der Waals surface area contributed by atoms with Gasteiger partial charge >= 0.3 is 0 Å². The van der Waals surface area contributed by atoms with Gasteiger partial charge in [-0.15, -0.1) is 0 Å². The molecule has 0 aliphatic rings. The largest absolute Gasteiger partial charge is 0.457 e. The second kappa shape index (κ2) is 22.6. The molecule has 0 N–H and O–H groups in total. The maximum Gasteiger partial charge on any atom is 0.206 e. The molecule has 77 heavy (non-hydrogen) atoms. The Labute approximate surface area is 461 Å². The highest BCUT2D eigenvalue weighted by Crippen LogP contribution is 2.35. The molecule has 0 aromatic heterocycles. The van der Waals surface area contributed by atoms with Gasteiger partial charge in [-0.25, -0.2) is 25.3 Å². The van der Waals surface area contributed by atoms with E-state index in [9.17, 15) is 25.3 Å². The van der Waals surface area contributed by atoms with Crippen molar-refractivity contribution < 1.29 is 53.7 Å². The van der Waals surface area contributed by atoms with Crippen molar-refractivity contribution in [2.24, 2.45) is 0 Å². The summed E-state index contributed by atoms with van der Waals surface area (Å²) in [4.78, 5) is 0.557. The van der Waals surface area contributed by atoms with Crippen LogP contribution in [0.25, 0.3) is 0 Å². The zero-order valence-corrected chi connectivity index (χ0v) is 45.6. The number of benzene rings is 10. The van der Waals surface area contributed by atoms with E-state index in [1.807, 2.05) is 30.3 Å². The number of hydrogen-bond donors (Lipinski definition) is 0. The van der Waals surface area contributed by atoms with Crippen LogP contribution in [0.15, 0.2) is 281 Å². The first-order chi connectivity index (χ1) is 37.1. The summed E-state index contributed by atoms with van der Waals surface area (Å²) in [5.41, 5.74) is 0. The molecule has 10 aromatic carbocycles. The fourth-order valence-corrected chi connectivity index (χ4v) is 12.0. The fourth-order valence-electron chi connectivity index (χ4n) is 7.56. The lowest BCUT2D eigenvalue weighted by molar-refractivity contribution is 0.460. The van der Waals surface area contributed by atoms with Crippen molar-refractivity contribution in [3.05, 3.63) is 252 Å². The van der Waals surface area contributed by atoms with Crippen LogP contribution < -0.4 is 28.4 Å². The van der Waals surface area contributed by atoms with Crippen LogP contribution >= 0.6 is 31.9 Å². The standard InChI is InChI=1S/C60H40Br2O12S3/c61-41-7-9-43(10-8-41)69-46-15-27-55(28-16-46)75(63,64)56-29-17-47(18-30-56)70-44-11-13-45(14-12-44)71-48-19-31-57(32-20-48)76(65,66)59-35-23-50(24-36-59)73-53-5-2-6-54(40-53)74-51-25-37-60(38-26-51)77(67,68)58-33-21-49(22-34-58)72-52-4-1-3-42(62)39-52/h1-40H. The molecule has 0 saturated heterocycles. The molecule has 10 aromatic rings. The second-order valence-electron chi connectivity index (χ2n) is 16.8. The molecule has 0 heterocycles. The van der Waals surface area contributed by atoms with E-state index < -0.39 is 29.5 Å². The molecule has 12 nitrogen and oxygen atoms in total. The lowest BCUT2D eigenvalue weighted by atomic mass is 10.3. The average molecular weight is 1210 g/mol. The molecule has 0 atom stereocenters. The van der Waals surface area contributed by atoms with Gasteiger partial charge in [0.05, 0.1) is 29.4 Å². The highest BCUT2D eigenvalue weighted by atomic mass is 79.9. The summed E-state index contributed by atoms with van der Waals surface area (Å²) in [6.07, 6.45) is 0. The SMILES string of the molecule is O=S(=O)(c1ccc(Oc2ccc(Br)cc2)cc1)c1ccc(Oc2ccc(Oc3ccc(S(=O)(=O)c4ccc(Oc5cccc(Oc6ccc(S(=O)(=O)c7ccc(Oc8cccc(Br)c8)cc7)cc6)c5)cc4)cc3)cc2)cc1. The molecular formula is C60H40Br2O12S3. The minimum Gasteiger partial charge on any atom is -0.457 e. The van der Waals surface area contributed by atoms with Crippen LogP contribution in [0.5, 0.6) is 69.0 Å². The number of hydrogen-bond acceptors (Lipinski definition) is 12. The molecule has 10 rings (SSSR count). The molecular weight excluding hydrogens is 1170 g/mol. The van der Waals surface area contributed by atoms with Crippen molar-refractivity contribution in [3.8, 4) is 69.0 Å². The van der Waals surface area contributed by atoms with Crippen molar-refractivity contribution in [3.63, 3.8) is 0 Å². The van der Waals surface area contributed by atoms with E-state index in [4.69, 9.17) is 28.4 Å². The Bertz CT molecular complexity index is 4030. The third kappa shape index (κ3) is 12.7. The second-order valence-corrected chi connectivity index (χ2v) is 24.5. The van der Waals surface area contributed by atoms with E-state index >= 15 is 0 Å². The molecule has 0 fully saturated rings. The molecule has 0 bridgehead atoms. The van der Waals surface area contributed by atoms with E-state index in [1.54, 1.807) is 140 Å². The number of halogens is 2. The summed E-state index contributed by atoms with van der Waals surface area (Å²) < 4.78 is 118. The summed E-state index contributed by atoms with van der Waals surface area (Å²) in [6.45, 7) is 0. The number of sulfone groups is 3. The van der Waals surface area contributed by atoms with Crippen LogP contribution in [0, 0.1) is 0 Å². The van der Waals surface area contributed by atoms with Gasteiger partial charge in [0.25, 0.3) is 0 Å². The van der Waals surface area contributed by atoms with Gasteiger partial charge < -0.3 is 28.4 Å². The van der Waals surface area contributed by atoms with E-state index in [0.717, 1.165) is 8.95 Å². The summed E-state index contributed by atoms with van der Waals surface area (Å²) in [5, 5.41) is 0. The monoisotopic (exact) mass is 1210 g/mol. The Morgan fingerprint density at radius 1 is 0.208 bits per heavy atom. The Balaban J connectivity index is 0.698. The lowest BCUT2D eigenvalue weighted by Crippen LogP contribution is -2.02. The van der Waals surface area contributed by atoms with Crippen LogP contribution in [-0.4, -0.2) is 25.3 Å². The van der Waals surface area contributed by atoms with Gasteiger partial charge in [-0.3, -0.25) is 0 Å². The van der Waals surface area contributed by atoms with Crippen molar-refractivity contribution in [2.45, 2.75) is 29.4 Å². The molecule has 384 valence electrons. The summed E-state index contributed by atoms with van der Waals surface area (Å²) in [6, 6.07) is 64.9. The predicted octanol–water partition coefficient (Wildman–Crippen LogP) is 16.5. The van der Waals surface area contributed by atoms with E-state index in [2.05, 4.69) is 31.9 Å². The maximum atomic E-state index is 13.6. The molecule has 0 saturated carbocycles. The van der Waals surface area contributed by atoms with Crippen LogP contribution in [0.1, 0.15) is 0 Å². The molecule has 0 aliphatic carbocycles. The van der Waals surface area contributed by atoms with Gasteiger partial charge in [-0.05, 0) is 224 Å². The van der Waals surface area contributed by atoms with Gasteiger partial charge in [-0.1, -0.05) is 44.0 Å². The highest BCUT2D eigenvalue weighted by Gasteiger charge is 2.21. The highest BCUT2D eigenvalue weighted by molar-refractivity contribution is 9.10. The Kier molecular flexibility index (Phi) is 15.3. The number of ether oxygens (including phenoxy) is 6. The number of rotatable bonds is 18. The lowest BCUT2D eigenvalue weighted by Gasteiger charge is -2.11. The molecule has 0 aliphatic heterocycles. The average Bonchev–Trinajstić information content (AvgIpc) is 3.43. The van der Waals surface area contributed by atoms with E-state index in [-0.39, 0.29) is 29.4 Å². The van der Waals surface area contributed by atoms with Crippen LogP contribution in [0.3, 0.4) is 0 Å². The van der Waals surface area contributed by atoms with Crippen molar-refractivity contribution >= 4 is 61.4 Å². The van der Waals surface area contributed by atoms with Crippen molar-refractivity contribution in [1.82, 2.24) is 0 Å². The molecule has 0 amide bonds. The third-order valence-electron chi connectivity index (χ3n) is 11.5. The summed E-state index contributed by atoms with van der Waals surface area (Å²) in [5.74, 6) is 5.65. The van der Waals surface area contributed by atoms with Crippen LogP contribution in [0.4, 0.5) is 0 Å². The zero-order chi connectivity index (χ0) is 53.6. The predicted molar refractivity (Wildman–Crippen MR) is 297 cm³/mol. The van der Waals surface area contributed by atoms with Gasteiger partial charge in [-0.2, -0.15) is 0 Å². The first-order valence-corrected chi connectivity index (χ1v) is 29.3. The Morgan fingerprint density at radius 2 is 0.403 bits per heavy atom. The Hall–Kier alpha value is -8.19. The molecule has 0 radical (unpaired) electrons. The third-order valence-corrected chi connectivity index (χ3v) is 17.8. The van der Waals surface area contributed by atoms with E-state index in [1.165, 1.54) is 72.8 Å². The zero-order valence-electron chi connectivity index (χ0n) is 40.0. The van der Waals surface area contributed by atoms with E-state index in [0.29, 0.717) is 69.0 Å². The molecule has 0 spiro atoms. The minimum absolute atomic E-state index is 0.0597. The fraction of sp³-hybridized carbons (Fsp3) is 0. The van der Waals surface area contributed by atoms with Gasteiger partial charge in [0.15, 0.2) is 0 Å². The quantitative estimate of drug-likeness (QED) is 0.0802. The van der Waals surface area contributed by atoms with Gasteiger partial charge in [0, 0.05) is 15.0 Å². The van der Waals surface area contributed by atoms with Crippen LogP contribution in [-0.2, 0) is 29.5 Å². The summed E-state index contributed by atoms with van der Waals surface area (Å²) in [7, 11) is -11.5. The first kappa shape index (κ1) is 52.3. The van der Waals surface area contributed by atoms with Crippen molar-refractivity contribution in [1.29, 1.82) is 0 Å². The molecule has 0 unspecified atom stereocenters. The normalized spacial score (nSPS) is 11.6. The molecule has 17 heteroatoms. The van der Waals surface area contributed by atoms with Crippen LogP contribution in [0.2, 0.25) is 0 Å². The van der Waals surface area contributed by atoms with Gasteiger partial charge in [0.1, 0.15) is 69.0 Å². The minimum atomic E-state index is -3.91. The first-order valence-electron chi connectivity index (χ1n) is 23.3. The summed E-state index contributed by atoms with van der Waals surface area (Å²) >= 11 is 6.80. The Morgan fingerprint density at radius 3 is 0.649 bits per heavy atom. The maximum absolute atomic E-state index is 13.6.